The van der Waals surface area contributed by atoms with Gasteiger partial charge in [-0.05, 0) is 56.3 Å². The number of carbonyl (C=O) groups is 1. The van der Waals surface area contributed by atoms with Gasteiger partial charge in [0, 0.05) is 19.5 Å². The van der Waals surface area contributed by atoms with Crippen molar-refractivity contribution in [2.75, 3.05) is 33.3 Å². The number of hydrogen-bond acceptors (Lipinski definition) is 3. The molecule has 1 aliphatic carbocycles. The molecule has 23 heavy (non-hydrogen) atoms. The molecule has 1 spiro atoms. The number of rotatable bonds is 6. The lowest BCUT2D eigenvalue weighted by Crippen LogP contribution is -2.35. The highest BCUT2D eigenvalue weighted by Gasteiger charge is 2.58. The van der Waals surface area contributed by atoms with Crippen molar-refractivity contribution in [1.82, 2.24) is 10.2 Å². The monoisotopic (exact) mass is 338 g/mol. The normalized spacial score (nSPS) is 21.3. The molecule has 3 rings (SSSR count). The van der Waals surface area contributed by atoms with Gasteiger partial charge in [0.25, 0.3) is 0 Å². The van der Waals surface area contributed by atoms with Crippen molar-refractivity contribution in [3.63, 3.8) is 0 Å². The summed E-state index contributed by atoms with van der Waals surface area (Å²) in [5, 5.41) is 3.39. The number of ether oxygens (including phenoxy) is 1. The maximum absolute atomic E-state index is 12.5. The van der Waals surface area contributed by atoms with Crippen molar-refractivity contribution in [2.45, 2.75) is 25.7 Å². The van der Waals surface area contributed by atoms with Crippen LogP contribution < -0.4 is 10.1 Å². The van der Waals surface area contributed by atoms with Crippen LogP contribution in [0.5, 0.6) is 5.75 Å². The Hall–Kier alpha value is -1.26. The minimum Gasteiger partial charge on any atom is -0.494 e. The van der Waals surface area contributed by atoms with Crippen LogP contribution in [0, 0.1) is 11.3 Å². The maximum Gasteiger partial charge on any atom is 0.226 e. The number of para-hydroxylation sites is 1. The van der Waals surface area contributed by atoms with Crippen LogP contribution in [0.4, 0.5) is 0 Å². The van der Waals surface area contributed by atoms with E-state index in [1.54, 1.807) is 0 Å². The summed E-state index contributed by atoms with van der Waals surface area (Å²) in [6.45, 7) is 3.56. The summed E-state index contributed by atoms with van der Waals surface area (Å²) in [4.78, 5) is 14.4. The molecule has 2 aliphatic rings. The molecule has 1 saturated heterocycles. The van der Waals surface area contributed by atoms with E-state index in [1.807, 2.05) is 42.3 Å². The molecule has 1 amide bonds. The zero-order valence-electron chi connectivity index (χ0n) is 13.8. The molecule has 1 aromatic carbocycles. The third-order valence-electron chi connectivity index (χ3n) is 5.11. The molecule has 1 aliphatic heterocycles. The molecule has 0 bridgehead atoms. The predicted octanol–water partition coefficient (Wildman–Crippen LogP) is 2.73. The van der Waals surface area contributed by atoms with E-state index in [0.29, 0.717) is 17.9 Å². The smallest absolute Gasteiger partial charge is 0.226 e. The summed E-state index contributed by atoms with van der Waals surface area (Å²) in [5.41, 5.74) is 0.330. The fourth-order valence-electron chi connectivity index (χ4n) is 3.56. The first-order valence-corrected chi connectivity index (χ1v) is 8.35. The Labute approximate surface area is 145 Å². The SMILES string of the molecule is CN(CCCOc1ccccc1)C(=O)C1CC12CCNCC2.Cl. The molecule has 0 aromatic heterocycles. The third kappa shape index (κ3) is 4.39. The summed E-state index contributed by atoms with van der Waals surface area (Å²) in [6.07, 6.45) is 4.29. The maximum atomic E-state index is 12.5. The highest BCUT2D eigenvalue weighted by molar-refractivity contribution is 5.85. The number of piperidine rings is 1. The van der Waals surface area contributed by atoms with E-state index in [2.05, 4.69) is 5.32 Å². The van der Waals surface area contributed by atoms with Gasteiger partial charge in [-0.15, -0.1) is 12.4 Å². The number of carbonyl (C=O) groups excluding carboxylic acids is 1. The lowest BCUT2D eigenvalue weighted by molar-refractivity contribution is -0.132. The summed E-state index contributed by atoms with van der Waals surface area (Å²) in [5.74, 6) is 1.50. The first-order chi connectivity index (χ1) is 10.7. The van der Waals surface area contributed by atoms with Crippen molar-refractivity contribution >= 4 is 18.3 Å². The van der Waals surface area contributed by atoms with Crippen LogP contribution in [0.25, 0.3) is 0 Å². The van der Waals surface area contributed by atoms with Crippen LogP contribution in [-0.2, 0) is 4.79 Å². The van der Waals surface area contributed by atoms with Gasteiger partial charge in [0.05, 0.1) is 6.61 Å². The van der Waals surface area contributed by atoms with E-state index in [9.17, 15) is 4.79 Å². The number of nitrogens with zero attached hydrogens (tertiary/aromatic N) is 1. The van der Waals surface area contributed by atoms with Crippen LogP contribution in [0.2, 0.25) is 0 Å². The van der Waals surface area contributed by atoms with Crippen molar-refractivity contribution in [2.24, 2.45) is 11.3 Å². The van der Waals surface area contributed by atoms with Gasteiger partial charge in [-0.2, -0.15) is 0 Å². The van der Waals surface area contributed by atoms with Crippen molar-refractivity contribution in [1.29, 1.82) is 0 Å². The molecule has 1 atom stereocenters. The lowest BCUT2D eigenvalue weighted by Gasteiger charge is -2.25. The quantitative estimate of drug-likeness (QED) is 0.811. The van der Waals surface area contributed by atoms with Crippen LogP contribution in [0.3, 0.4) is 0 Å². The fraction of sp³-hybridized carbons (Fsp3) is 0.611. The second kappa shape index (κ2) is 8.02. The number of hydrogen-bond donors (Lipinski definition) is 1. The molecule has 128 valence electrons. The highest BCUT2D eigenvalue weighted by atomic mass is 35.5. The van der Waals surface area contributed by atoms with Crippen molar-refractivity contribution < 1.29 is 9.53 Å². The molecular formula is C18H27ClN2O2. The molecule has 5 heteroatoms. The predicted molar refractivity (Wildman–Crippen MR) is 94.1 cm³/mol. The summed E-state index contributed by atoms with van der Waals surface area (Å²) in [7, 11) is 1.93. The van der Waals surface area contributed by atoms with Crippen molar-refractivity contribution in [3.8, 4) is 5.75 Å². The van der Waals surface area contributed by atoms with Crippen LogP contribution in [0.15, 0.2) is 30.3 Å². The van der Waals surface area contributed by atoms with Gasteiger partial charge < -0.3 is 15.0 Å². The summed E-state index contributed by atoms with van der Waals surface area (Å²) in [6, 6.07) is 9.83. The van der Waals surface area contributed by atoms with E-state index in [1.165, 1.54) is 0 Å². The van der Waals surface area contributed by atoms with Gasteiger partial charge in [-0.1, -0.05) is 18.2 Å². The van der Waals surface area contributed by atoms with Crippen LogP contribution in [-0.4, -0.2) is 44.1 Å². The van der Waals surface area contributed by atoms with E-state index in [0.717, 1.165) is 51.1 Å². The largest absolute Gasteiger partial charge is 0.494 e. The lowest BCUT2D eigenvalue weighted by atomic mass is 9.91. The highest BCUT2D eigenvalue weighted by Crippen LogP contribution is 2.59. The molecule has 0 radical (unpaired) electrons. The van der Waals surface area contributed by atoms with E-state index in [-0.39, 0.29) is 18.3 Å². The number of amides is 1. The minimum absolute atomic E-state index is 0. The Kier molecular flexibility index (Phi) is 6.31. The average molecular weight is 339 g/mol. The third-order valence-corrected chi connectivity index (χ3v) is 5.11. The molecular weight excluding hydrogens is 312 g/mol. The Morgan fingerprint density at radius 1 is 1.30 bits per heavy atom. The van der Waals surface area contributed by atoms with Gasteiger partial charge in [-0.25, -0.2) is 0 Å². The number of benzene rings is 1. The first-order valence-electron chi connectivity index (χ1n) is 8.35. The second-order valence-electron chi connectivity index (χ2n) is 6.64. The summed E-state index contributed by atoms with van der Waals surface area (Å²) < 4.78 is 5.68. The van der Waals surface area contributed by atoms with Gasteiger partial charge in [0.1, 0.15) is 5.75 Å². The van der Waals surface area contributed by atoms with Crippen molar-refractivity contribution in [3.05, 3.63) is 30.3 Å². The molecule has 1 aromatic rings. The minimum atomic E-state index is 0. The molecule has 1 unspecified atom stereocenters. The zero-order chi connectivity index (χ0) is 15.4. The standard InChI is InChI=1S/C18H26N2O2.ClH/c1-20(12-5-13-22-15-6-3-2-4-7-15)17(21)16-14-18(16)8-10-19-11-9-18;/h2-4,6-7,16,19H,5,8-14H2,1H3;1H. The van der Waals surface area contributed by atoms with Gasteiger partial charge in [-0.3, -0.25) is 4.79 Å². The Bertz CT molecular complexity index is 503. The molecule has 4 nitrogen and oxygen atoms in total. The molecule has 2 fully saturated rings. The Morgan fingerprint density at radius 2 is 2.00 bits per heavy atom. The van der Waals surface area contributed by atoms with E-state index >= 15 is 0 Å². The van der Waals surface area contributed by atoms with Crippen LogP contribution >= 0.6 is 12.4 Å². The summed E-state index contributed by atoms with van der Waals surface area (Å²) >= 11 is 0. The Balaban J connectivity index is 0.00000192. The second-order valence-corrected chi connectivity index (χ2v) is 6.64. The van der Waals surface area contributed by atoms with Gasteiger partial charge >= 0.3 is 0 Å². The first kappa shape index (κ1) is 18.1. The molecule has 1 N–H and O–H groups in total. The Morgan fingerprint density at radius 3 is 2.70 bits per heavy atom. The van der Waals surface area contributed by atoms with E-state index in [4.69, 9.17) is 4.74 Å². The zero-order valence-corrected chi connectivity index (χ0v) is 14.6. The average Bonchev–Trinajstić information content (AvgIpc) is 3.25. The fourth-order valence-corrected chi connectivity index (χ4v) is 3.56. The topological polar surface area (TPSA) is 41.6 Å². The molecule has 1 saturated carbocycles. The van der Waals surface area contributed by atoms with Gasteiger partial charge in [0.2, 0.25) is 5.91 Å². The number of halogens is 1. The van der Waals surface area contributed by atoms with Crippen LogP contribution in [0.1, 0.15) is 25.7 Å². The van der Waals surface area contributed by atoms with Gasteiger partial charge in [0.15, 0.2) is 0 Å². The number of nitrogens with one attached hydrogen (secondary N) is 1. The van der Waals surface area contributed by atoms with E-state index < -0.39 is 0 Å². The molecule has 1 heterocycles.